The van der Waals surface area contributed by atoms with Crippen molar-refractivity contribution in [1.29, 1.82) is 0 Å². The van der Waals surface area contributed by atoms with Crippen molar-refractivity contribution in [2.24, 2.45) is 5.92 Å². The highest BCUT2D eigenvalue weighted by atomic mass is 16.4. The highest BCUT2D eigenvalue weighted by Crippen LogP contribution is 2.25. The van der Waals surface area contributed by atoms with Crippen LogP contribution in [-0.2, 0) is 4.79 Å². The Labute approximate surface area is 127 Å². The van der Waals surface area contributed by atoms with Crippen molar-refractivity contribution >= 4 is 22.8 Å². The predicted molar refractivity (Wildman–Crippen MR) is 80.4 cm³/mol. The van der Waals surface area contributed by atoms with Crippen LogP contribution in [0.15, 0.2) is 30.7 Å². The van der Waals surface area contributed by atoms with E-state index >= 15 is 0 Å². The van der Waals surface area contributed by atoms with E-state index in [9.17, 15) is 14.7 Å². The number of amides is 1. The van der Waals surface area contributed by atoms with E-state index in [1.54, 1.807) is 35.6 Å². The first-order chi connectivity index (χ1) is 10.6. The van der Waals surface area contributed by atoms with E-state index in [2.05, 4.69) is 9.97 Å². The summed E-state index contributed by atoms with van der Waals surface area (Å²) < 4.78 is 0. The maximum atomic E-state index is 12.9. The molecule has 2 aromatic heterocycles. The molecular formula is C16H17N3O3. The Bertz CT molecular complexity index is 726. The molecular weight excluding hydrogens is 282 g/mol. The second kappa shape index (κ2) is 5.71. The first-order valence-corrected chi connectivity index (χ1v) is 7.30. The van der Waals surface area contributed by atoms with Crippen molar-refractivity contribution in [3.63, 3.8) is 0 Å². The van der Waals surface area contributed by atoms with Gasteiger partial charge in [0.1, 0.15) is 0 Å². The van der Waals surface area contributed by atoms with E-state index in [1.807, 2.05) is 6.92 Å². The quantitative estimate of drug-likeness (QED) is 0.916. The average Bonchev–Trinajstić information content (AvgIpc) is 2.54. The Morgan fingerprint density at radius 2 is 2.09 bits per heavy atom. The molecule has 6 nitrogen and oxygen atoms in total. The molecule has 6 heteroatoms. The van der Waals surface area contributed by atoms with Crippen LogP contribution >= 0.6 is 0 Å². The van der Waals surface area contributed by atoms with E-state index in [0.29, 0.717) is 29.3 Å². The molecule has 22 heavy (non-hydrogen) atoms. The van der Waals surface area contributed by atoms with Crippen molar-refractivity contribution in [2.45, 2.75) is 25.8 Å². The van der Waals surface area contributed by atoms with Gasteiger partial charge in [-0.1, -0.05) is 0 Å². The van der Waals surface area contributed by atoms with Crippen molar-refractivity contribution in [3.05, 3.63) is 36.3 Å². The maximum absolute atomic E-state index is 12.9. The summed E-state index contributed by atoms with van der Waals surface area (Å²) in [4.78, 5) is 34.0. The molecule has 0 radical (unpaired) electrons. The first kappa shape index (κ1) is 14.4. The van der Waals surface area contributed by atoms with Gasteiger partial charge in [-0.05, 0) is 31.9 Å². The van der Waals surface area contributed by atoms with Crippen LogP contribution in [0.1, 0.15) is 30.1 Å². The number of pyridine rings is 2. The largest absolute Gasteiger partial charge is 0.481 e. The number of rotatable bonds is 2. The topological polar surface area (TPSA) is 83.4 Å². The standard InChI is InChI=1S/C16H17N3O3/c1-10-2-3-11(16(21)22)9-19(10)15(20)12-4-7-18-14-5-6-17-8-13(12)14/h4-8,10-11H,2-3,9H2,1H3,(H,21,22). The lowest BCUT2D eigenvalue weighted by molar-refractivity contribution is -0.143. The number of hydrogen-bond acceptors (Lipinski definition) is 4. The van der Waals surface area contributed by atoms with Crippen LogP contribution in [0.5, 0.6) is 0 Å². The van der Waals surface area contributed by atoms with Crippen molar-refractivity contribution in [1.82, 2.24) is 14.9 Å². The van der Waals surface area contributed by atoms with Crippen molar-refractivity contribution in [3.8, 4) is 0 Å². The number of aliphatic carboxylic acids is 1. The van der Waals surface area contributed by atoms with E-state index in [1.165, 1.54) is 0 Å². The molecule has 0 spiro atoms. The lowest BCUT2D eigenvalue weighted by atomic mass is 9.92. The molecule has 1 N–H and O–H groups in total. The SMILES string of the molecule is CC1CCC(C(=O)O)CN1C(=O)c1ccnc2ccncc12. The number of likely N-dealkylation sites (tertiary alicyclic amines) is 1. The summed E-state index contributed by atoms with van der Waals surface area (Å²) in [7, 11) is 0. The molecule has 114 valence electrons. The number of aromatic nitrogens is 2. The van der Waals surface area contributed by atoms with Crippen LogP contribution < -0.4 is 0 Å². The molecule has 0 bridgehead atoms. The molecule has 3 rings (SSSR count). The molecule has 2 unspecified atom stereocenters. The normalized spacial score (nSPS) is 21.8. The third-order valence-electron chi connectivity index (χ3n) is 4.27. The zero-order valence-electron chi connectivity index (χ0n) is 12.3. The van der Waals surface area contributed by atoms with Gasteiger partial charge in [-0.25, -0.2) is 0 Å². The highest BCUT2D eigenvalue weighted by molar-refractivity contribution is 6.05. The fraction of sp³-hybridized carbons (Fsp3) is 0.375. The molecule has 1 aliphatic heterocycles. The summed E-state index contributed by atoms with van der Waals surface area (Å²) in [6.07, 6.45) is 6.16. The summed E-state index contributed by atoms with van der Waals surface area (Å²) >= 11 is 0. The van der Waals surface area contributed by atoms with Gasteiger partial charge in [-0.3, -0.25) is 19.6 Å². The fourth-order valence-electron chi connectivity index (χ4n) is 2.92. The molecule has 1 saturated heterocycles. The first-order valence-electron chi connectivity index (χ1n) is 7.30. The van der Waals surface area contributed by atoms with Crippen LogP contribution in [0, 0.1) is 5.92 Å². The number of carboxylic acids is 1. The maximum Gasteiger partial charge on any atom is 0.308 e. The minimum absolute atomic E-state index is 0.0305. The van der Waals surface area contributed by atoms with Crippen LogP contribution in [0.25, 0.3) is 10.9 Å². The molecule has 2 aromatic rings. The number of carbonyl (C=O) groups excluding carboxylic acids is 1. The molecule has 1 aliphatic rings. The van der Waals surface area contributed by atoms with Gasteiger partial charge in [0.2, 0.25) is 0 Å². The Morgan fingerprint density at radius 3 is 2.86 bits per heavy atom. The number of hydrogen-bond donors (Lipinski definition) is 1. The Balaban J connectivity index is 1.96. The Morgan fingerprint density at radius 1 is 1.27 bits per heavy atom. The zero-order chi connectivity index (χ0) is 15.7. The van der Waals surface area contributed by atoms with Crippen molar-refractivity contribution < 1.29 is 14.7 Å². The van der Waals surface area contributed by atoms with E-state index in [0.717, 1.165) is 0 Å². The average molecular weight is 299 g/mol. The molecule has 2 atom stereocenters. The lowest BCUT2D eigenvalue weighted by Crippen LogP contribution is -2.47. The van der Waals surface area contributed by atoms with Gasteiger partial charge in [0.05, 0.1) is 17.0 Å². The molecule has 3 heterocycles. The minimum Gasteiger partial charge on any atom is -0.481 e. The molecule has 1 amide bonds. The summed E-state index contributed by atoms with van der Waals surface area (Å²) in [5.41, 5.74) is 1.23. The van der Waals surface area contributed by atoms with E-state index in [4.69, 9.17) is 0 Å². The van der Waals surface area contributed by atoms with Crippen LogP contribution in [0.2, 0.25) is 0 Å². The summed E-state index contributed by atoms with van der Waals surface area (Å²) in [6.45, 7) is 2.21. The van der Waals surface area contributed by atoms with Gasteiger partial charge in [-0.2, -0.15) is 0 Å². The second-order valence-electron chi connectivity index (χ2n) is 5.67. The van der Waals surface area contributed by atoms with E-state index < -0.39 is 11.9 Å². The van der Waals surface area contributed by atoms with Gasteiger partial charge in [0.25, 0.3) is 5.91 Å². The minimum atomic E-state index is -0.842. The van der Waals surface area contributed by atoms with Crippen LogP contribution in [0.4, 0.5) is 0 Å². The van der Waals surface area contributed by atoms with Gasteiger partial charge < -0.3 is 10.0 Å². The Kier molecular flexibility index (Phi) is 3.75. The number of nitrogens with zero attached hydrogens (tertiary/aromatic N) is 3. The number of carbonyl (C=O) groups is 2. The second-order valence-corrected chi connectivity index (χ2v) is 5.67. The van der Waals surface area contributed by atoms with Gasteiger partial charge in [-0.15, -0.1) is 0 Å². The highest BCUT2D eigenvalue weighted by Gasteiger charge is 2.33. The van der Waals surface area contributed by atoms with Gasteiger partial charge in [0, 0.05) is 36.6 Å². The fourth-order valence-corrected chi connectivity index (χ4v) is 2.92. The van der Waals surface area contributed by atoms with Crippen molar-refractivity contribution in [2.75, 3.05) is 6.54 Å². The van der Waals surface area contributed by atoms with Gasteiger partial charge in [0.15, 0.2) is 0 Å². The molecule has 1 fully saturated rings. The van der Waals surface area contributed by atoms with Gasteiger partial charge >= 0.3 is 5.97 Å². The monoisotopic (exact) mass is 299 g/mol. The number of fused-ring (bicyclic) bond motifs is 1. The third-order valence-corrected chi connectivity index (χ3v) is 4.27. The van der Waals surface area contributed by atoms with Crippen LogP contribution in [0.3, 0.4) is 0 Å². The summed E-state index contributed by atoms with van der Waals surface area (Å²) in [6, 6.07) is 3.46. The molecule has 0 saturated carbocycles. The smallest absolute Gasteiger partial charge is 0.308 e. The number of carboxylic acid groups (broad SMARTS) is 1. The zero-order valence-corrected chi connectivity index (χ0v) is 12.3. The predicted octanol–water partition coefficient (Wildman–Crippen LogP) is 1.96. The molecule has 0 aliphatic carbocycles. The van der Waals surface area contributed by atoms with E-state index in [-0.39, 0.29) is 18.5 Å². The van der Waals surface area contributed by atoms with Crippen LogP contribution in [-0.4, -0.2) is 44.4 Å². The summed E-state index contributed by atoms with van der Waals surface area (Å²) in [5.74, 6) is -1.49. The Hall–Kier alpha value is -2.50. The third kappa shape index (κ3) is 2.52. The number of piperidine rings is 1. The summed E-state index contributed by atoms with van der Waals surface area (Å²) in [5, 5.41) is 9.90. The molecule has 0 aromatic carbocycles. The lowest BCUT2D eigenvalue weighted by Gasteiger charge is -2.36.